The number of ether oxygens (including phenoxy) is 1. The van der Waals surface area contributed by atoms with Crippen LogP contribution < -0.4 is 16.0 Å². The van der Waals surface area contributed by atoms with Crippen molar-refractivity contribution < 1.29 is 33.8 Å². The summed E-state index contributed by atoms with van der Waals surface area (Å²) in [6.45, 7) is 3.13. The molecule has 3 rings (SSSR count). The topological polar surface area (TPSA) is 194 Å². The number of carboxylic acid groups (broad SMARTS) is 1. The number of aliphatic carboxylic acids is 1. The number of amides is 3. The zero-order valence-corrected chi connectivity index (χ0v) is 22.7. The Bertz CT molecular complexity index is 1370. The van der Waals surface area contributed by atoms with Gasteiger partial charge in [0, 0.05) is 18.2 Å². The number of carbonyl (C=O) groups is 5. The van der Waals surface area contributed by atoms with Crippen molar-refractivity contribution in [2.24, 2.45) is 5.92 Å². The van der Waals surface area contributed by atoms with Crippen molar-refractivity contribution in [3.63, 3.8) is 0 Å². The van der Waals surface area contributed by atoms with Gasteiger partial charge >= 0.3 is 12.1 Å². The second-order valence-corrected chi connectivity index (χ2v) is 9.35. The average molecular weight is 566 g/mol. The van der Waals surface area contributed by atoms with Crippen LogP contribution in [0, 0.1) is 5.92 Å². The fourth-order valence-corrected chi connectivity index (χ4v) is 3.69. The number of benzene rings is 2. The molecule has 4 N–H and O–H groups in total. The fraction of sp³-hybridized carbons (Fsp3) is 0.333. The number of likely N-dealkylation sites (N-methyl/N-ethyl adjacent to an activating group) is 1. The highest BCUT2D eigenvalue weighted by Crippen LogP contribution is 2.15. The van der Waals surface area contributed by atoms with Gasteiger partial charge in [0.15, 0.2) is 5.78 Å². The highest BCUT2D eigenvalue weighted by Gasteiger charge is 2.26. The van der Waals surface area contributed by atoms with Crippen LogP contribution in [-0.2, 0) is 32.3 Å². The van der Waals surface area contributed by atoms with Gasteiger partial charge in [0.05, 0.1) is 6.42 Å². The highest BCUT2D eigenvalue weighted by atomic mass is 16.5. The third-order valence-corrected chi connectivity index (χ3v) is 5.91. The lowest BCUT2D eigenvalue weighted by molar-refractivity contribution is -0.139. The number of hydrogen-bond donors (Lipinski definition) is 4. The van der Waals surface area contributed by atoms with Gasteiger partial charge in [0.1, 0.15) is 25.2 Å². The first kappa shape index (κ1) is 30.4. The first-order chi connectivity index (χ1) is 19.6. The van der Waals surface area contributed by atoms with Gasteiger partial charge < -0.3 is 25.8 Å². The molecule has 2 atom stereocenters. The molecule has 0 aliphatic rings. The molecular weight excluding hydrogens is 534 g/mol. The lowest BCUT2D eigenvalue weighted by Crippen LogP contribution is -2.48. The van der Waals surface area contributed by atoms with Crippen molar-refractivity contribution in [1.82, 2.24) is 36.2 Å². The Morgan fingerprint density at radius 3 is 2.27 bits per heavy atom. The molecular formula is C27H31N7O7. The summed E-state index contributed by atoms with van der Waals surface area (Å²) in [5.74, 6) is -2.66. The first-order valence-electron chi connectivity index (χ1n) is 12.7. The van der Waals surface area contributed by atoms with Crippen molar-refractivity contribution in [2.45, 2.75) is 45.5 Å². The lowest BCUT2D eigenvalue weighted by Gasteiger charge is -2.20. The molecule has 3 aromatic rings. The number of nitrogens with one attached hydrogen (secondary N) is 3. The predicted molar refractivity (Wildman–Crippen MR) is 144 cm³/mol. The molecule has 0 saturated carbocycles. The lowest BCUT2D eigenvalue weighted by atomic mass is 10.0. The number of nitrogens with zero attached hydrogens (tertiary/aromatic N) is 4. The number of carboxylic acids is 1. The van der Waals surface area contributed by atoms with Gasteiger partial charge in [-0.3, -0.25) is 19.2 Å². The largest absolute Gasteiger partial charge is 0.481 e. The molecule has 0 spiro atoms. The summed E-state index contributed by atoms with van der Waals surface area (Å²) in [5.41, 5.74) is 1.53. The van der Waals surface area contributed by atoms with Crippen LogP contribution in [0.3, 0.4) is 0 Å². The molecule has 3 amide bonds. The van der Waals surface area contributed by atoms with Gasteiger partial charge in [-0.2, -0.15) is 4.80 Å². The molecule has 1 aromatic heterocycles. The highest BCUT2D eigenvalue weighted by molar-refractivity contribution is 5.98. The summed E-state index contributed by atoms with van der Waals surface area (Å²) in [6, 6.07) is 13.0. The Balaban J connectivity index is 1.61. The normalized spacial score (nSPS) is 12.2. The maximum absolute atomic E-state index is 12.8. The predicted octanol–water partition coefficient (Wildman–Crippen LogP) is 1.18. The fourth-order valence-electron chi connectivity index (χ4n) is 3.69. The Labute approximate surface area is 235 Å². The van der Waals surface area contributed by atoms with E-state index in [0.29, 0.717) is 11.1 Å². The number of ketones is 1. The van der Waals surface area contributed by atoms with Gasteiger partial charge in [-0.1, -0.05) is 56.3 Å². The van der Waals surface area contributed by atoms with E-state index in [-0.39, 0.29) is 24.3 Å². The van der Waals surface area contributed by atoms with Crippen LogP contribution in [0.5, 0.6) is 0 Å². The van der Waals surface area contributed by atoms with E-state index in [0.717, 1.165) is 10.4 Å². The quantitative estimate of drug-likeness (QED) is 0.234. The van der Waals surface area contributed by atoms with Crippen LogP contribution in [0.2, 0.25) is 0 Å². The standard InChI is InChI=1S/C27H31N7O7/c1-16(2)23(26(39)28-3)30-25(38)19-11-9-18(10-12-19)24-31-33-34(32-24)14-21(35)20(13-22(36)37)29-27(40)41-15-17-7-5-4-6-8-17/h4-12,16,20,23H,13-15H2,1-3H3,(H,28,39)(H,29,40)(H,30,38)(H,36,37). The maximum Gasteiger partial charge on any atom is 0.408 e. The molecule has 2 aromatic carbocycles. The monoisotopic (exact) mass is 565 g/mol. The number of alkyl carbamates (subject to hydrolysis) is 1. The second-order valence-electron chi connectivity index (χ2n) is 9.35. The minimum absolute atomic E-state index is 0.0541. The number of Topliss-reactive ketones (excluding diaryl/α,β-unsaturated/α-hetero) is 1. The van der Waals surface area contributed by atoms with Crippen LogP contribution in [0.25, 0.3) is 11.4 Å². The molecule has 0 radical (unpaired) electrons. The van der Waals surface area contributed by atoms with Crippen LogP contribution in [0.4, 0.5) is 4.79 Å². The van der Waals surface area contributed by atoms with E-state index in [9.17, 15) is 29.1 Å². The zero-order valence-electron chi connectivity index (χ0n) is 22.7. The number of tetrazole rings is 1. The van der Waals surface area contributed by atoms with E-state index in [1.54, 1.807) is 36.4 Å². The summed E-state index contributed by atoms with van der Waals surface area (Å²) in [6.07, 6.45) is -1.61. The maximum atomic E-state index is 12.8. The minimum atomic E-state index is -1.38. The minimum Gasteiger partial charge on any atom is -0.481 e. The van der Waals surface area contributed by atoms with Crippen LogP contribution in [0.15, 0.2) is 54.6 Å². The SMILES string of the molecule is CNC(=O)C(NC(=O)c1ccc(-c2nnn(CC(=O)C(CC(=O)O)NC(=O)OCc3ccccc3)n2)cc1)C(C)C. The molecule has 0 fully saturated rings. The third kappa shape index (κ3) is 8.95. The number of hydrogen-bond acceptors (Lipinski definition) is 9. The van der Waals surface area contributed by atoms with Crippen molar-refractivity contribution in [1.29, 1.82) is 0 Å². The second kappa shape index (κ2) is 14.3. The Hall–Kier alpha value is -5.14. The number of rotatable bonds is 13. The molecule has 2 unspecified atom stereocenters. The van der Waals surface area contributed by atoms with E-state index in [2.05, 4.69) is 31.4 Å². The van der Waals surface area contributed by atoms with E-state index in [1.807, 2.05) is 19.9 Å². The summed E-state index contributed by atoms with van der Waals surface area (Å²) < 4.78 is 5.09. The summed E-state index contributed by atoms with van der Waals surface area (Å²) in [4.78, 5) is 61.9. The van der Waals surface area contributed by atoms with E-state index in [1.165, 1.54) is 19.2 Å². The number of carbonyl (C=O) groups excluding carboxylic acids is 4. The van der Waals surface area contributed by atoms with Crippen LogP contribution in [0.1, 0.15) is 36.2 Å². The Morgan fingerprint density at radius 1 is 0.976 bits per heavy atom. The number of aromatic nitrogens is 4. The van der Waals surface area contributed by atoms with Crippen LogP contribution >= 0.6 is 0 Å². The zero-order chi connectivity index (χ0) is 29.9. The molecule has 0 aliphatic carbocycles. The Morgan fingerprint density at radius 2 is 1.66 bits per heavy atom. The van der Waals surface area contributed by atoms with Gasteiger partial charge in [0.25, 0.3) is 5.91 Å². The first-order valence-corrected chi connectivity index (χ1v) is 12.7. The van der Waals surface area contributed by atoms with Crippen molar-refractivity contribution >= 4 is 29.7 Å². The molecule has 0 bridgehead atoms. The summed E-state index contributed by atoms with van der Waals surface area (Å²) in [7, 11) is 1.50. The molecule has 14 heteroatoms. The van der Waals surface area contributed by atoms with Gasteiger partial charge in [0.2, 0.25) is 11.7 Å². The molecule has 0 saturated heterocycles. The van der Waals surface area contributed by atoms with E-state index in [4.69, 9.17) is 4.74 Å². The smallest absolute Gasteiger partial charge is 0.408 e. The van der Waals surface area contributed by atoms with Crippen LogP contribution in [-0.4, -0.2) is 74.1 Å². The molecule has 216 valence electrons. The van der Waals surface area contributed by atoms with Gasteiger partial charge in [-0.25, -0.2) is 4.79 Å². The third-order valence-electron chi connectivity index (χ3n) is 5.91. The summed E-state index contributed by atoms with van der Waals surface area (Å²) in [5, 5.41) is 28.6. The van der Waals surface area contributed by atoms with Crippen molar-refractivity contribution in [3.05, 3.63) is 65.7 Å². The van der Waals surface area contributed by atoms with E-state index >= 15 is 0 Å². The van der Waals surface area contributed by atoms with Gasteiger partial charge in [-0.05, 0) is 28.8 Å². The molecule has 41 heavy (non-hydrogen) atoms. The molecule has 14 nitrogen and oxygen atoms in total. The molecule has 0 aliphatic heterocycles. The Kier molecular flexibility index (Phi) is 10.6. The van der Waals surface area contributed by atoms with Crippen molar-refractivity contribution in [2.75, 3.05) is 7.05 Å². The average Bonchev–Trinajstić information content (AvgIpc) is 3.42. The summed E-state index contributed by atoms with van der Waals surface area (Å²) >= 11 is 0. The van der Waals surface area contributed by atoms with Crippen molar-refractivity contribution in [3.8, 4) is 11.4 Å². The van der Waals surface area contributed by atoms with Gasteiger partial charge in [-0.15, -0.1) is 10.2 Å². The van der Waals surface area contributed by atoms with E-state index < -0.39 is 48.8 Å². The molecule has 1 heterocycles.